The topological polar surface area (TPSA) is 6.48 Å². The summed E-state index contributed by atoms with van der Waals surface area (Å²) in [6.07, 6.45) is 10.4. The van der Waals surface area contributed by atoms with Gasteiger partial charge < -0.3 is 9.80 Å². The van der Waals surface area contributed by atoms with Crippen LogP contribution in [0.15, 0.2) is 188 Å². The fraction of sp³-hybridized carbons (Fsp3) is 0.262. The molecule has 3 saturated carbocycles. The average Bonchev–Trinajstić information content (AvgIpc) is 4.23. The number of anilines is 6. The van der Waals surface area contributed by atoms with Crippen molar-refractivity contribution in [2.75, 3.05) is 9.80 Å². The molecule has 0 radical (unpaired) electrons. The van der Waals surface area contributed by atoms with E-state index in [1.54, 1.807) is 16.7 Å². The first-order chi connectivity index (χ1) is 33.0. The maximum absolute atomic E-state index is 2.63. The third-order valence-electron chi connectivity index (χ3n) is 18.0. The van der Waals surface area contributed by atoms with E-state index in [1.807, 2.05) is 0 Å². The highest BCUT2D eigenvalue weighted by molar-refractivity contribution is 5.95. The number of hydrogen-bond donors (Lipinski definition) is 0. The van der Waals surface area contributed by atoms with Gasteiger partial charge in [-0.25, -0.2) is 0 Å². The first-order valence-electron chi connectivity index (χ1n) is 25.4. The molecule has 67 heavy (non-hydrogen) atoms. The molecule has 2 heteroatoms. The fourth-order valence-electron chi connectivity index (χ4n) is 15.3. The van der Waals surface area contributed by atoms with E-state index >= 15 is 0 Å². The minimum absolute atomic E-state index is 0.113. The smallest absolute Gasteiger partial charge is 0.0505 e. The van der Waals surface area contributed by atoms with Gasteiger partial charge in [0.05, 0.1) is 11.4 Å². The van der Waals surface area contributed by atoms with Crippen LogP contribution in [0.25, 0.3) is 22.3 Å². The SMILES string of the molecule is CC1(C)c2cc(N(c3ccccc3)c3cccc4c3C35c6c(cccc6N(c6ccccc6)c6ccc(C7CC8CCC7C8)cc6)CC3CCC5C4)ccc2-c2c(-c3ccccc3)cccc21. The van der Waals surface area contributed by atoms with Gasteiger partial charge in [-0.05, 0) is 196 Å². The summed E-state index contributed by atoms with van der Waals surface area (Å²) in [5.74, 6) is 3.60. The predicted octanol–water partition coefficient (Wildman–Crippen LogP) is 16.9. The molecule has 0 aliphatic heterocycles. The van der Waals surface area contributed by atoms with Gasteiger partial charge in [-0.1, -0.05) is 148 Å². The van der Waals surface area contributed by atoms with Gasteiger partial charge in [0, 0.05) is 33.6 Å². The van der Waals surface area contributed by atoms with Crippen molar-refractivity contribution in [3.05, 3.63) is 227 Å². The highest BCUT2D eigenvalue weighted by Gasteiger charge is 2.62. The Morgan fingerprint density at radius 1 is 0.448 bits per heavy atom. The number of rotatable bonds is 8. The summed E-state index contributed by atoms with van der Waals surface area (Å²) in [4.78, 5) is 5.25. The molecule has 328 valence electrons. The second-order valence-corrected chi connectivity index (χ2v) is 21.5. The molecule has 0 heterocycles. The third-order valence-corrected chi connectivity index (χ3v) is 18.0. The molecule has 2 nitrogen and oxygen atoms in total. The molecule has 8 aromatic rings. The standard InChI is InChI=1S/C65H58N2/c1-64(2)57-24-14-23-54(43-15-6-3-7-16-43)61(57)55-36-35-53(41-58(55)64)67(51-21-10-5-11-22-51)60-26-13-18-47-40-49-32-31-48-39-46-17-12-25-59(62(46)65(48,49)63(47)60)66(50-19-8-4-9-20-50)52-33-29-44(30-34-52)56-38-42-27-28-45(56)37-42/h3-26,29-30,33-36,41-42,45,48-49,56H,27-28,31-32,37-40H2,1-2H3. The summed E-state index contributed by atoms with van der Waals surface area (Å²) in [7, 11) is 0. The summed E-state index contributed by atoms with van der Waals surface area (Å²) >= 11 is 0. The van der Waals surface area contributed by atoms with Crippen molar-refractivity contribution in [1.29, 1.82) is 0 Å². The van der Waals surface area contributed by atoms with E-state index in [2.05, 4.69) is 212 Å². The monoisotopic (exact) mass is 866 g/mol. The molecule has 6 atom stereocenters. The number of fused-ring (bicyclic) bond motifs is 7. The van der Waals surface area contributed by atoms with Crippen molar-refractivity contribution < 1.29 is 0 Å². The molecule has 2 bridgehead atoms. The Morgan fingerprint density at radius 2 is 1.01 bits per heavy atom. The number of hydrogen-bond acceptors (Lipinski definition) is 2. The quantitative estimate of drug-likeness (QED) is 0.150. The Balaban J connectivity index is 0.946. The van der Waals surface area contributed by atoms with Gasteiger partial charge in [-0.2, -0.15) is 0 Å². The first kappa shape index (κ1) is 39.5. The van der Waals surface area contributed by atoms with E-state index in [4.69, 9.17) is 0 Å². The van der Waals surface area contributed by atoms with E-state index in [1.165, 1.54) is 117 Å². The second-order valence-electron chi connectivity index (χ2n) is 21.5. The molecule has 8 aromatic carbocycles. The van der Waals surface area contributed by atoms with Crippen LogP contribution in [0.1, 0.15) is 97.2 Å². The van der Waals surface area contributed by atoms with Crippen molar-refractivity contribution in [3.8, 4) is 22.3 Å². The Bertz CT molecular complexity index is 3200. The highest BCUT2D eigenvalue weighted by Crippen LogP contribution is 2.69. The van der Waals surface area contributed by atoms with Crippen LogP contribution in [0.3, 0.4) is 0 Å². The zero-order valence-corrected chi connectivity index (χ0v) is 38.8. The van der Waals surface area contributed by atoms with E-state index in [9.17, 15) is 0 Å². The van der Waals surface area contributed by atoms with Gasteiger partial charge in [0.1, 0.15) is 0 Å². The van der Waals surface area contributed by atoms with Crippen LogP contribution >= 0.6 is 0 Å². The van der Waals surface area contributed by atoms with Gasteiger partial charge in [-0.15, -0.1) is 0 Å². The average molecular weight is 867 g/mol. The zero-order valence-electron chi connectivity index (χ0n) is 38.8. The zero-order chi connectivity index (χ0) is 44.4. The largest absolute Gasteiger partial charge is 0.310 e. The van der Waals surface area contributed by atoms with Crippen molar-refractivity contribution in [3.63, 3.8) is 0 Å². The minimum Gasteiger partial charge on any atom is -0.310 e. The molecule has 6 unspecified atom stereocenters. The Kier molecular flexibility index (Phi) is 8.81. The predicted molar refractivity (Wildman–Crippen MR) is 278 cm³/mol. The summed E-state index contributed by atoms with van der Waals surface area (Å²) in [5.41, 5.74) is 23.2. The van der Waals surface area contributed by atoms with Crippen LogP contribution < -0.4 is 9.80 Å². The summed E-state index contributed by atoms with van der Waals surface area (Å²) in [6, 6.07) is 72.2. The Labute approximate surface area is 397 Å². The number of nitrogens with zero attached hydrogens (tertiary/aromatic N) is 2. The molecule has 0 N–H and O–H groups in total. The molecular formula is C65H58N2. The lowest BCUT2D eigenvalue weighted by atomic mass is 9.68. The van der Waals surface area contributed by atoms with Crippen molar-refractivity contribution in [1.82, 2.24) is 0 Å². The number of para-hydroxylation sites is 2. The van der Waals surface area contributed by atoms with Gasteiger partial charge in [0.25, 0.3) is 0 Å². The maximum atomic E-state index is 2.63. The molecule has 0 amide bonds. The molecule has 1 spiro atoms. The lowest BCUT2D eigenvalue weighted by molar-refractivity contribution is 0.350. The van der Waals surface area contributed by atoms with Crippen LogP contribution in [-0.4, -0.2) is 0 Å². The fourth-order valence-corrected chi connectivity index (χ4v) is 15.3. The normalized spacial score (nSPS) is 24.1. The molecule has 6 aliphatic rings. The van der Waals surface area contributed by atoms with E-state index in [0.717, 1.165) is 30.6 Å². The van der Waals surface area contributed by atoms with E-state index in [0.29, 0.717) is 11.8 Å². The van der Waals surface area contributed by atoms with E-state index < -0.39 is 0 Å². The first-order valence-corrected chi connectivity index (χ1v) is 25.4. The maximum Gasteiger partial charge on any atom is 0.0505 e. The van der Waals surface area contributed by atoms with Gasteiger partial charge >= 0.3 is 0 Å². The van der Waals surface area contributed by atoms with Crippen molar-refractivity contribution >= 4 is 34.1 Å². The van der Waals surface area contributed by atoms with Gasteiger partial charge in [-0.3, -0.25) is 0 Å². The van der Waals surface area contributed by atoms with E-state index in [-0.39, 0.29) is 10.8 Å². The van der Waals surface area contributed by atoms with Gasteiger partial charge in [0.2, 0.25) is 0 Å². The molecule has 6 aliphatic carbocycles. The van der Waals surface area contributed by atoms with Gasteiger partial charge in [0.15, 0.2) is 0 Å². The molecule has 14 rings (SSSR count). The Morgan fingerprint density at radius 3 is 1.61 bits per heavy atom. The number of benzene rings is 8. The van der Waals surface area contributed by atoms with Crippen molar-refractivity contribution in [2.45, 2.75) is 82.0 Å². The van der Waals surface area contributed by atoms with Crippen LogP contribution in [-0.2, 0) is 23.7 Å². The van der Waals surface area contributed by atoms with Crippen LogP contribution in [0.4, 0.5) is 34.1 Å². The molecular weight excluding hydrogens is 809 g/mol. The summed E-state index contributed by atoms with van der Waals surface area (Å²) < 4.78 is 0. The summed E-state index contributed by atoms with van der Waals surface area (Å²) in [6.45, 7) is 4.86. The lowest BCUT2D eigenvalue weighted by Crippen LogP contribution is -2.34. The van der Waals surface area contributed by atoms with Crippen LogP contribution in [0.5, 0.6) is 0 Å². The molecule has 0 aromatic heterocycles. The molecule has 3 fully saturated rings. The van der Waals surface area contributed by atoms with Crippen molar-refractivity contribution in [2.24, 2.45) is 23.7 Å². The van der Waals surface area contributed by atoms with Crippen LogP contribution in [0, 0.1) is 23.7 Å². The minimum atomic E-state index is -0.165. The third kappa shape index (κ3) is 5.75. The second kappa shape index (κ2) is 14.9. The molecule has 0 saturated heterocycles. The Hall–Kier alpha value is -6.64. The highest BCUT2D eigenvalue weighted by atomic mass is 15.2. The van der Waals surface area contributed by atoms with Crippen LogP contribution in [0.2, 0.25) is 0 Å². The summed E-state index contributed by atoms with van der Waals surface area (Å²) in [5, 5.41) is 0. The lowest BCUT2D eigenvalue weighted by Gasteiger charge is -2.40.